The molecule has 0 amide bonds. The Morgan fingerprint density at radius 1 is 1.16 bits per heavy atom. The maximum absolute atomic E-state index is 12.7. The van der Waals surface area contributed by atoms with E-state index in [1.165, 1.54) is 23.6 Å². The summed E-state index contributed by atoms with van der Waals surface area (Å²) in [5.74, 6) is -1.13. The first-order valence-electron chi connectivity index (χ1n) is 11.4. The number of ether oxygens (including phenoxy) is 2. The lowest BCUT2D eigenvalue weighted by Crippen LogP contribution is -2.09. The summed E-state index contributed by atoms with van der Waals surface area (Å²) in [6.45, 7) is 7.13. The molecule has 0 aliphatic carbocycles. The summed E-state index contributed by atoms with van der Waals surface area (Å²) in [7, 11) is 0. The van der Waals surface area contributed by atoms with Gasteiger partial charge in [0.1, 0.15) is 33.1 Å². The summed E-state index contributed by atoms with van der Waals surface area (Å²) in [6, 6.07) is 16.3. The van der Waals surface area contributed by atoms with E-state index in [0.29, 0.717) is 15.6 Å². The SMILES string of the molecule is C=CCOC(=O)c1sc(NC=C(C#N)c2nc(-c3ccc4ccccc4c3)cs2)c(C(=O)OCC)c1C. The van der Waals surface area contributed by atoms with Crippen molar-refractivity contribution in [2.45, 2.75) is 13.8 Å². The van der Waals surface area contributed by atoms with Crippen molar-refractivity contribution in [3.8, 4) is 17.3 Å². The van der Waals surface area contributed by atoms with Gasteiger partial charge in [0.25, 0.3) is 0 Å². The number of aromatic nitrogens is 1. The van der Waals surface area contributed by atoms with Gasteiger partial charge in [-0.05, 0) is 36.2 Å². The minimum absolute atomic E-state index is 0.0513. The molecule has 186 valence electrons. The highest BCUT2D eigenvalue weighted by Crippen LogP contribution is 2.35. The molecule has 0 aliphatic heterocycles. The smallest absolute Gasteiger partial charge is 0.348 e. The normalized spacial score (nSPS) is 11.1. The van der Waals surface area contributed by atoms with Crippen LogP contribution >= 0.6 is 22.7 Å². The third-order valence-electron chi connectivity index (χ3n) is 5.39. The molecule has 9 heteroatoms. The van der Waals surface area contributed by atoms with Crippen LogP contribution in [0.15, 0.2) is 66.7 Å². The number of thiazole rings is 1. The Bertz CT molecular complexity index is 1560. The van der Waals surface area contributed by atoms with Crippen LogP contribution in [0.3, 0.4) is 0 Å². The van der Waals surface area contributed by atoms with E-state index in [0.717, 1.165) is 33.4 Å². The lowest BCUT2D eigenvalue weighted by Gasteiger charge is -2.05. The maximum Gasteiger partial charge on any atom is 0.348 e. The summed E-state index contributed by atoms with van der Waals surface area (Å²) < 4.78 is 10.3. The fourth-order valence-electron chi connectivity index (χ4n) is 3.62. The largest absolute Gasteiger partial charge is 0.462 e. The monoisotopic (exact) mass is 529 g/mol. The van der Waals surface area contributed by atoms with E-state index >= 15 is 0 Å². The number of thiophene rings is 1. The van der Waals surface area contributed by atoms with E-state index in [9.17, 15) is 14.9 Å². The Labute approximate surface area is 222 Å². The van der Waals surface area contributed by atoms with Crippen LogP contribution in [0.1, 0.15) is 37.5 Å². The Morgan fingerprint density at radius 3 is 2.68 bits per heavy atom. The molecule has 0 fully saturated rings. The molecular formula is C28H23N3O4S2. The number of fused-ring (bicyclic) bond motifs is 1. The molecule has 4 aromatic rings. The highest BCUT2D eigenvalue weighted by molar-refractivity contribution is 7.18. The van der Waals surface area contributed by atoms with E-state index in [1.54, 1.807) is 13.8 Å². The second-order valence-electron chi connectivity index (χ2n) is 7.78. The van der Waals surface area contributed by atoms with Gasteiger partial charge in [-0.15, -0.1) is 22.7 Å². The Morgan fingerprint density at radius 2 is 1.95 bits per heavy atom. The van der Waals surface area contributed by atoms with Gasteiger partial charge < -0.3 is 14.8 Å². The van der Waals surface area contributed by atoms with E-state index < -0.39 is 11.9 Å². The Balaban J connectivity index is 1.63. The zero-order valence-electron chi connectivity index (χ0n) is 20.2. The van der Waals surface area contributed by atoms with E-state index in [2.05, 4.69) is 35.1 Å². The van der Waals surface area contributed by atoms with Gasteiger partial charge in [0.05, 0.1) is 17.9 Å². The number of nitrogens with zero attached hydrogens (tertiary/aromatic N) is 2. The molecule has 1 N–H and O–H groups in total. The minimum Gasteiger partial charge on any atom is -0.462 e. The molecule has 0 radical (unpaired) electrons. The fraction of sp³-hybridized carbons (Fsp3) is 0.143. The molecule has 4 rings (SSSR count). The van der Waals surface area contributed by atoms with Gasteiger partial charge >= 0.3 is 11.9 Å². The van der Waals surface area contributed by atoms with Crippen LogP contribution in [-0.4, -0.2) is 30.1 Å². The topological polar surface area (TPSA) is 101 Å². The number of nitrogens with one attached hydrogen (secondary N) is 1. The lowest BCUT2D eigenvalue weighted by atomic mass is 10.1. The minimum atomic E-state index is -0.568. The number of rotatable bonds is 9. The van der Waals surface area contributed by atoms with Crippen LogP contribution in [0.5, 0.6) is 0 Å². The molecular weight excluding hydrogens is 506 g/mol. The first-order chi connectivity index (χ1) is 18.0. The van der Waals surface area contributed by atoms with Crippen LogP contribution in [0.4, 0.5) is 5.00 Å². The van der Waals surface area contributed by atoms with Gasteiger partial charge in [-0.1, -0.05) is 49.1 Å². The number of carbonyl (C=O) groups excluding carboxylic acids is 2. The van der Waals surface area contributed by atoms with Crippen LogP contribution in [0.2, 0.25) is 0 Å². The second-order valence-corrected chi connectivity index (χ2v) is 9.66. The molecule has 0 unspecified atom stereocenters. The first-order valence-corrected chi connectivity index (χ1v) is 13.1. The predicted molar refractivity (Wildman–Crippen MR) is 148 cm³/mol. The average Bonchev–Trinajstić information content (AvgIpc) is 3.52. The number of hydrogen-bond donors (Lipinski definition) is 1. The Hall–Kier alpha value is -4.26. The number of carbonyl (C=O) groups is 2. The van der Waals surface area contributed by atoms with Crippen molar-refractivity contribution in [1.82, 2.24) is 4.98 Å². The Kier molecular flexibility index (Phi) is 8.13. The molecule has 0 aliphatic rings. The second kappa shape index (κ2) is 11.6. The summed E-state index contributed by atoms with van der Waals surface area (Å²) >= 11 is 2.40. The fourth-order valence-corrected chi connectivity index (χ4v) is 5.47. The van der Waals surface area contributed by atoms with Gasteiger partial charge in [0, 0.05) is 17.1 Å². The van der Waals surface area contributed by atoms with Gasteiger partial charge in [0.15, 0.2) is 0 Å². The quantitative estimate of drug-likeness (QED) is 0.144. The average molecular weight is 530 g/mol. The lowest BCUT2D eigenvalue weighted by molar-refractivity contribution is 0.0527. The van der Waals surface area contributed by atoms with Crippen molar-refractivity contribution in [3.05, 3.63) is 87.7 Å². The molecule has 0 spiro atoms. The molecule has 2 aromatic heterocycles. The van der Waals surface area contributed by atoms with Crippen molar-refractivity contribution in [1.29, 1.82) is 5.26 Å². The molecule has 0 saturated carbocycles. The number of benzene rings is 2. The number of esters is 2. The van der Waals surface area contributed by atoms with Gasteiger partial charge in [-0.2, -0.15) is 5.26 Å². The summed E-state index contributed by atoms with van der Waals surface area (Å²) in [5.41, 5.74) is 2.67. The molecule has 0 bridgehead atoms. The number of allylic oxidation sites excluding steroid dienone is 1. The predicted octanol–water partition coefficient (Wildman–Crippen LogP) is 6.83. The van der Waals surface area contributed by atoms with Crippen molar-refractivity contribution in [2.24, 2.45) is 0 Å². The molecule has 2 heterocycles. The highest BCUT2D eigenvalue weighted by atomic mass is 32.1. The van der Waals surface area contributed by atoms with Crippen LogP contribution in [0.25, 0.3) is 27.6 Å². The molecule has 37 heavy (non-hydrogen) atoms. The van der Waals surface area contributed by atoms with E-state index in [-0.39, 0.29) is 29.2 Å². The maximum atomic E-state index is 12.7. The number of anilines is 1. The molecule has 0 saturated heterocycles. The third kappa shape index (κ3) is 5.61. The van der Waals surface area contributed by atoms with Crippen molar-refractivity contribution in [3.63, 3.8) is 0 Å². The zero-order chi connectivity index (χ0) is 26.4. The van der Waals surface area contributed by atoms with Crippen molar-refractivity contribution in [2.75, 3.05) is 18.5 Å². The van der Waals surface area contributed by atoms with Crippen LogP contribution in [0, 0.1) is 18.3 Å². The van der Waals surface area contributed by atoms with Crippen LogP contribution < -0.4 is 5.32 Å². The van der Waals surface area contributed by atoms with Crippen LogP contribution in [-0.2, 0) is 9.47 Å². The van der Waals surface area contributed by atoms with Crippen molar-refractivity contribution < 1.29 is 19.1 Å². The van der Waals surface area contributed by atoms with E-state index in [1.807, 2.05) is 35.7 Å². The number of nitriles is 1. The number of hydrogen-bond acceptors (Lipinski definition) is 9. The molecule has 7 nitrogen and oxygen atoms in total. The first kappa shape index (κ1) is 25.8. The highest BCUT2D eigenvalue weighted by Gasteiger charge is 2.26. The standard InChI is InChI=1S/C28H23N3O4S2/c1-4-12-35-28(33)24-17(3)23(27(32)34-5-2)26(37-24)30-15-21(14-29)25-31-22(16-36-25)20-11-10-18-8-6-7-9-19(18)13-20/h4,6-11,13,15-16,30H,1,5,12H2,2-3H3. The zero-order valence-corrected chi connectivity index (χ0v) is 21.9. The summed E-state index contributed by atoms with van der Waals surface area (Å²) in [4.78, 5) is 30.1. The van der Waals surface area contributed by atoms with Gasteiger partial charge in [-0.25, -0.2) is 14.6 Å². The van der Waals surface area contributed by atoms with Crippen molar-refractivity contribution >= 4 is 56.0 Å². The summed E-state index contributed by atoms with van der Waals surface area (Å²) in [5, 5.41) is 17.9. The van der Waals surface area contributed by atoms with Gasteiger partial charge in [0.2, 0.25) is 0 Å². The molecule has 2 aromatic carbocycles. The van der Waals surface area contributed by atoms with Gasteiger partial charge in [-0.3, -0.25) is 0 Å². The molecule has 0 atom stereocenters. The third-order valence-corrected chi connectivity index (χ3v) is 7.47. The van der Waals surface area contributed by atoms with E-state index in [4.69, 9.17) is 9.47 Å². The summed E-state index contributed by atoms with van der Waals surface area (Å²) in [6.07, 6.45) is 2.95.